The number of unbranched alkanes of at least 4 members (excludes halogenated alkanes) is 9. The van der Waals surface area contributed by atoms with Gasteiger partial charge in [0.25, 0.3) is 0 Å². The first kappa shape index (κ1) is 35.1. The van der Waals surface area contributed by atoms with Gasteiger partial charge in [0, 0.05) is 19.6 Å². The van der Waals surface area contributed by atoms with E-state index >= 15 is 0 Å². The fourth-order valence-electron chi connectivity index (χ4n) is 3.26. The normalized spacial score (nSPS) is 10.7. The highest BCUT2D eigenvalue weighted by Crippen LogP contribution is 2.04. The van der Waals surface area contributed by atoms with Crippen LogP contribution in [0.4, 0.5) is 4.79 Å². The fraction of sp³-hybridized carbons (Fsp3) is 0.769. The Morgan fingerprint density at radius 2 is 1.39 bits per heavy atom. The number of carbonyl (C=O) groups is 1. The highest BCUT2D eigenvalue weighted by Gasteiger charge is 2.06. The van der Waals surface area contributed by atoms with E-state index < -0.39 is 0 Å². The van der Waals surface area contributed by atoms with E-state index in [9.17, 15) is 14.4 Å². The van der Waals surface area contributed by atoms with Gasteiger partial charge in [0.05, 0.1) is 19.6 Å². The van der Waals surface area contributed by atoms with Gasteiger partial charge in [-0.05, 0) is 50.3 Å². The van der Waals surface area contributed by atoms with E-state index in [4.69, 9.17) is 9.68 Å². The lowest BCUT2D eigenvalue weighted by molar-refractivity contribution is -0.327. The van der Waals surface area contributed by atoms with Crippen LogP contribution in [0, 0.1) is 0 Å². The Morgan fingerprint density at radius 3 is 2.05 bits per heavy atom. The number of hydrogen-bond acceptors (Lipinski definition) is 10. The summed E-state index contributed by atoms with van der Waals surface area (Å²) < 4.78 is 0. The lowest BCUT2D eigenvalue weighted by Crippen LogP contribution is -2.35. The van der Waals surface area contributed by atoms with Gasteiger partial charge in [0.1, 0.15) is 6.73 Å². The second kappa shape index (κ2) is 30.3. The first-order valence-corrected chi connectivity index (χ1v) is 13.7. The van der Waals surface area contributed by atoms with E-state index in [2.05, 4.69) is 37.5 Å². The lowest BCUT2D eigenvalue weighted by atomic mass is 10.2. The summed E-state index contributed by atoms with van der Waals surface area (Å²) in [6, 6.07) is -0.177. The Hall–Kier alpha value is -2.88. The molecule has 0 aromatic heterocycles. The fourth-order valence-corrected chi connectivity index (χ4v) is 3.26. The zero-order valence-corrected chi connectivity index (χ0v) is 22.8. The van der Waals surface area contributed by atoms with Gasteiger partial charge in [-0.15, -0.1) is 6.58 Å². The molecule has 0 aromatic carbocycles. The summed E-state index contributed by atoms with van der Waals surface area (Å²) in [5.74, 6) is 0. The molecule has 0 aliphatic carbocycles. The molecule has 0 bridgehead atoms. The second-order valence-corrected chi connectivity index (χ2v) is 8.56. The van der Waals surface area contributed by atoms with Crippen LogP contribution in [0.2, 0.25) is 0 Å². The van der Waals surface area contributed by atoms with E-state index in [0.29, 0.717) is 46.0 Å². The molecule has 0 rings (SSSR count). The van der Waals surface area contributed by atoms with Crippen LogP contribution in [0.15, 0.2) is 27.6 Å². The minimum Gasteiger partial charge on any atom is -0.369 e. The monoisotopic (exact) mass is 537 g/mol. The van der Waals surface area contributed by atoms with Gasteiger partial charge >= 0.3 is 6.03 Å². The van der Waals surface area contributed by atoms with Crippen LogP contribution in [-0.4, -0.2) is 82.4 Å². The molecular formula is C26H47N7O5. The number of amides is 2. The Balaban J connectivity index is 4.09. The van der Waals surface area contributed by atoms with Crippen molar-refractivity contribution >= 4 is 24.6 Å². The number of hydrogen-bond donors (Lipinski definition) is 3. The molecular weight excluding hydrogens is 490 g/mol. The van der Waals surface area contributed by atoms with Crippen molar-refractivity contribution in [2.24, 2.45) is 15.0 Å². The van der Waals surface area contributed by atoms with Crippen LogP contribution in [0.3, 0.4) is 0 Å². The van der Waals surface area contributed by atoms with E-state index in [0.717, 1.165) is 83.6 Å². The molecule has 0 aliphatic rings. The maximum atomic E-state index is 11.5. The van der Waals surface area contributed by atoms with Crippen LogP contribution < -0.4 is 16.0 Å². The average molecular weight is 538 g/mol. The lowest BCUT2D eigenvalue weighted by Gasteiger charge is -2.19. The third-order valence-electron chi connectivity index (χ3n) is 5.32. The zero-order valence-electron chi connectivity index (χ0n) is 22.8. The second-order valence-electron chi connectivity index (χ2n) is 8.56. The van der Waals surface area contributed by atoms with E-state index in [1.807, 2.05) is 0 Å². The summed E-state index contributed by atoms with van der Waals surface area (Å²) in [5, 5.41) is 10.2. The maximum Gasteiger partial charge on any atom is 0.315 e. The van der Waals surface area contributed by atoms with Gasteiger partial charge in [0.2, 0.25) is 12.2 Å². The van der Waals surface area contributed by atoms with Gasteiger partial charge < -0.3 is 15.5 Å². The topological polar surface area (TPSA) is 146 Å². The minimum absolute atomic E-state index is 0.177. The average Bonchev–Trinajstić information content (AvgIpc) is 2.92. The molecule has 2 amide bonds. The van der Waals surface area contributed by atoms with Crippen molar-refractivity contribution in [3.05, 3.63) is 12.7 Å². The molecule has 0 aromatic rings. The van der Waals surface area contributed by atoms with Crippen LogP contribution in [0.1, 0.15) is 77.0 Å². The number of hydroxylamine groups is 2. The number of isocyanates is 2. The number of rotatable bonds is 28. The van der Waals surface area contributed by atoms with Gasteiger partial charge in [-0.2, -0.15) is 0 Å². The molecule has 0 radical (unpaired) electrons. The van der Waals surface area contributed by atoms with Gasteiger partial charge in [-0.3, -0.25) is 10.3 Å². The van der Waals surface area contributed by atoms with E-state index in [1.165, 1.54) is 11.6 Å². The molecule has 0 saturated heterocycles. The van der Waals surface area contributed by atoms with Crippen molar-refractivity contribution in [1.29, 1.82) is 0 Å². The summed E-state index contributed by atoms with van der Waals surface area (Å²) in [5.41, 5.74) is 0. The Labute approximate surface area is 227 Å². The van der Waals surface area contributed by atoms with Crippen molar-refractivity contribution < 1.29 is 24.1 Å². The molecule has 0 heterocycles. The summed E-state index contributed by atoms with van der Waals surface area (Å²) in [6.45, 7) is 8.14. The number of urea groups is 1. The summed E-state index contributed by atoms with van der Waals surface area (Å²) >= 11 is 0. The largest absolute Gasteiger partial charge is 0.369 e. The third kappa shape index (κ3) is 27.7. The quantitative estimate of drug-likeness (QED) is 0.0263. The summed E-state index contributed by atoms with van der Waals surface area (Å²) in [6.07, 6.45) is 17.8. The highest BCUT2D eigenvalue weighted by atomic mass is 16.9. The molecule has 12 nitrogen and oxygen atoms in total. The molecule has 0 saturated carbocycles. The van der Waals surface area contributed by atoms with Crippen molar-refractivity contribution in [2.45, 2.75) is 77.0 Å². The van der Waals surface area contributed by atoms with Gasteiger partial charge in [0.15, 0.2) is 6.40 Å². The molecule has 0 aliphatic heterocycles. The minimum atomic E-state index is -0.177. The Morgan fingerprint density at radius 1 is 0.789 bits per heavy atom. The van der Waals surface area contributed by atoms with Gasteiger partial charge in [-0.25, -0.2) is 29.2 Å². The number of nitrogens with one attached hydrogen (secondary N) is 3. The predicted molar refractivity (Wildman–Crippen MR) is 148 cm³/mol. The SMILES string of the molecule is C=CCNC(=O)NCCCCCCN(OC=NCCCCCCN=C=O)OCNCCCCCCN=C=O. The van der Waals surface area contributed by atoms with Crippen LogP contribution in [-0.2, 0) is 19.3 Å². The molecule has 12 heteroatoms. The molecule has 0 fully saturated rings. The molecule has 0 unspecified atom stereocenters. The number of aliphatic imine (C=N–C) groups is 3. The molecule has 3 N–H and O–H groups in total. The van der Waals surface area contributed by atoms with E-state index in [1.54, 1.807) is 18.2 Å². The van der Waals surface area contributed by atoms with Crippen molar-refractivity contribution in [2.75, 3.05) is 52.5 Å². The van der Waals surface area contributed by atoms with Crippen LogP contribution in [0.25, 0.3) is 0 Å². The first-order chi connectivity index (χ1) is 18.7. The Bertz CT molecular complexity index is 695. The smallest absolute Gasteiger partial charge is 0.315 e. The third-order valence-corrected chi connectivity index (χ3v) is 5.32. The molecule has 0 atom stereocenters. The van der Waals surface area contributed by atoms with Crippen molar-refractivity contribution in [1.82, 2.24) is 21.2 Å². The summed E-state index contributed by atoms with van der Waals surface area (Å²) in [4.78, 5) is 54.3. The molecule has 38 heavy (non-hydrogen) atoms. The zero-order chi connectivity index (χ0) is 27.8. The molecule has 0 spiro atoms. The summed E-state index contributed by atoms with van der Waals surface area (Å²) in [7, 11) is 0. The number of nitrogens with zero attached hydrogens (tertiary/aromatic N) is 4. The van der Waals surface area contributed by atoms with Crippen LogP contribution >= 0.6 is 0 Å². The highest BCUT2D eigenvalue weighted by molar-refractivity contribution is 5.73. The van der Waals surface area contributed by atoms with Gasteiger partial charge in [-0.1, -0.05) is 44.6 Å². The van der Waals surface area contributed by atoms with Crippen molar-refractivity contribution in [3.63, 3.8) is 0 Å². The van der Waals surface area contributed by atoms with E-state index in [-0.39, 0.29) is 6.03 Å². The van der Waals surface area contributed by atoms with Crippen LogP contribution in [0.5, 0.6) is 0 Å². The predicted octanol–water partition coefficient (Wildman–Crippen LogP) is 3.57. The van der Waals surface area contributed by atoms with Crippen molar-refractivity contribution in [3.8, 4) is 0 Å². The molecule has 216 valence electrons. The maximum absolute atomic E-state index is 11.5. The first-order valence-electron chi connectivity index (χ1n) is 13.7. The number of carbonyl (C=O) groups excluding carboxylic acids is 3. The Kier molecular flexibility index (Phi) is 28.0. The standard InChI is InChI=1S/C26H47N7O5/c1-2-15-31-26(36)32-20-13-7-8-14-21-33(37-24-29-18-11-5-3-9-16-27-22-34)38-25-30-19-12-6-4-10-17-28-23-35/h2,24,30H,1,3-21,25H2,(H2,31,32,36).